The first-order valence-electron chi connectivity index (χ1n) is 5.31. The van der Waals surface area contributed by atoms with E-state index < -0.39 is 15.5 Å². The molecule has 96 valence electrons. The van der Waals surface area contributed by atoms with Crippen LogP contribution in [0, 0.1) is 16.7 Å². The Labute approximate surface area is 117 Å². The molecule has 7 heteroatoms. The first kappa shape index (κ1) is 15.3. The van der Waals surface area contributed by atoms with Crippen LogP contribution >= 0.6 is 16.3 Å². The molecule has 17 heavy (non-hydrogen) atoms. The topological polar surface area (TPSA) is 60.4 Å². The molecule has 0 saturated heterocycles. The van der Waals surface area contributed by atoms with Gasteiger partial charge in [-0.2, -0.15) is 11.7 Å². The molecule has 2 aliphatic rings. The molecular weight excluding hydrogens is 305 g/mol. The molecule has 0 aromatic carbocycles. The molecule has 0 heterocycles. The summed E-state index contributed by atoms with van der Waals surface area (Å²) in [5, 5.41) is 0. The third-order valence-corrected chi connectivity index (χ3v) is 6.90. The minimum atomic E-state index is -3.65. The second-order valence-electron chi connectivity index (χ2n) is 5.43. The Hall–Kier alpha value is 0.229. The van der Waals surface area contributed by atoms with E-state index in [9.17, 15) is 13.2 Å². The van der Waals surface area contributed by atoms with Crippen molar-refractivity contribution in [1.29, 1.82) is 0 Å². The number of halogens is 1. The summed E-state index contributed by atoms with van der Waals surface area (Å²) in [4.78, 5) is 12.0. The van der Waals surface area contributed by atoms with Crippen LogP contribution in [0.1, 0.15) is 36.0 Å². The van der Waals surface area contributed by atoms with E-state index in [4.69, 9.17) is 0 Å². The van der Waals surface area contributed by atoms with Gasteiger partial charge in [0.1, 0.15) is 22.0 Å². The van der Waals surface area contributed by atoms with Crippen molar-refractivity contribution in [1.82, 2.24) is 0 Å². The van der Waals surface area contributed by atoms with E-state index in [0.29, 0.717) is 18.8 Å². The SMILES string of the molecule is CC1(C)C2CCC1(CS(=O)(=O)OBr)C(=O)C2.[Be+2].[H-].[H-]. The molecule has 2 unspecified atom stereocenters. The maximum Gasteiger partial charge on any atom is 2.00 e. The minimum absolute atomic E-state index is 0. The Kier molecular flexibility index (Phi) is 3.96. The second-order valence-corrected chi connectivity index (χ2v) is 7.75. The summed E-state index contributed by atoms with van der Waals surface area (Å²) < 4.78 is 27.4. The van der Waals surface area contributed by atoms with E-state index >= 15 is 0 Å². The maximum atomic E-state index is 12.0. The third-order valence-electron chi connectivity index (χ3n) is 4.66. The van der Waals surface area contributed by atoms with E-state index in [1.165, 1.54) is 0 Å². The van der Waals surface area contributed by atoms with Crippen LogP contribution in [0.15, 0.2) is 0 Å². The van der Waals surface area contributed by atoms with Crippen LogP contribution in [0.2, 0.25) is 0 Å². The number of fused-ring (bicyclic) bond motifs is 2. The number of hydrogen-bond donors (Lipinski definition) is 0. The fraction of sp³-hybridized carbons (Fsp3) is 0.900. The number of hydrogen-bond acceptors (Lipinski definition) is 4. The first-order valence-corrected chi connectivity index (χ1v) is 7.54. The zero-order valence-corrected chi connectivity index (χ0v) is 12.4. The predicted octanol–water partition coefficient (Wildman–Crippen LogP) is 1.88. The summed E-state index contributed by atoms with van der Waals surface area (Å²) in [6, 6.07) is 0. The van der Waals surface area contributed by atoms with E-state index in [1.54, 1.807) is 0 Å². The van der Waals surface area contributed by atoms with Crippen LogP contribution in [0.4, 0.5) is 0 Å². The second kappa shape index (κ2) is 4.41. The van der Waals surface area contributed by atoms with E-state index in [1.807, 2.05) is 13.8 Å². The number of carbonyl (C=O) groups excluding carboxylic acids is 1. The normalized spacial score (nSPS) is 34.8. The van der Waals surface area contributed by atoms with E-state index in [2.05, 4.69) is 19.5 Å². The molecule has 2 saturated carbocycles. The van der Waals surface area contributed by atoms with Gasteiger partial charge in [0.05, 0.1) is 11.2 Å². The van der Waals surface area contributed by atoms with Gasteiger partial charge in [0.25, 0.3) is 10.1 Å². The summed E-state index contributed by atoms with van der Waals surface area (Å²) in [5.74, 6) is 0.209. The molecular formula is C10H17BeBrO4S. The van der Waals surface area contributed by atoms with Gasteiger partial charge in [-0.05, 0) is 24.2 Å². The number of Topliss-reactive ketones (excluding diaryl/α,β-unsaturated/α-hetero) is 1. The zero-order chi connectivity index (χ0) is 12.2. The summed E-state index contributed by atoms with van der Waals surface area (Å²) >= 11 is 2.50. The van der Waals surface area contributed by atoms with Crippen molar-refractivity contribution in [2.24, 2.45) is 16.7 Å². The van der Waals surface area contributed by atoms with Crippen LogP contribution in [0.5, 0.6) is 0 Å². The Morgan fingerprint density at radius 2 is 2.12 bits per heavy atom. The number of carbonyl (C=O) groups is 1. The maximum absolute atomic E-state index is 12.0. The number of ketones is 1. The molecule has 2 bridgehead atoms. The van der Waals surface area contributed by atoms with Gasteiger partial charge in [0, 0.05) is 6.42 Å². The van der Waals surface area contributed by atoms with Crippen LogP contribution in [0.3, 0.4) is 0 Å². The van der Waals surface area contributed by atoms with Crippen LogP contribution in [-0.2, 0) is 18.2 Å². The van der Waals surface area contributed by atoms with Crippen LogP contribution in [0.25, 0.3) is 0 Å². The molecule has 0 aromatic rings. The summed E-state index contributed by atoms with van der Waals surface area (Å²) in [7, 11) is -3.65. The minimum Gasteiger partial charge on any atom is -1.00 e. The Bertz CT molecular complexity index is 443. The average molecular weight is 322 g/mol. The quantitative estimate of drug-likeness (QED) is 0.745. The molecule has 0 aromatic heterocycles. The smallest absolute Gasteiger partial charge is 1.00 e. The predicted molar refractivity (Wildman–Crippen MR) is 70.3 cm³/mol. The van der Waals surface area contributed by atoms with Crippen molar-refractivity contribution < 1.29 is 19.3 Å². The van der Waals surface area contributed by atoms with Crippen LogP contribution < -0.4 is 0 Å². The molecule has 0 radical (unpaired) electrons. The van der Waals surface area contributed by atoms with Crippen molar-refractivity contribution in [3.63, 3.8) is 0 Å². The molecule has 0 N–H and O–H groups in total. The van der Waals surface area contributed by atoms with Crippen molar-refractivity contribution >= 4 is 42.3 Å². The van der Waals surface area contributed by atoms with Gasteiger partial charge in [0.2, 0.25) is 0 Å². The molecule has 2 rings (SSSR count). The van der Waals surface area contributed by atoms with E-state index in [-0.39, 0.29) is 29.9 Å². The zero-order valence-electron chi connectivity index (χ0n) is 12.0. The Balaban J connectivity index is 0. The monoisotopic (exact) mass is 321 g/mol. The standard InChI is InChI=1S/C10H15BrO4S.Be.2H/c1-9(2)7-3-4-10(9,8(12)5-7)6-16(13,14)15-11;;;/h7H,3-6H2,1-2H3;;;/q;+2;2*-1. The number of rotatable bonds is 3. The molecule has 0 aliphatic heterocycles. The Morgan fingerprint density at radius 1 is 1.53 bits per heavy atom. The van der Waals surface area contributed by atoms with Gasteiger partial charge in [0.15, 0.2) is 0 Å². The Morgan fingerprint density at radius 3 is 2.47 bits per heavy atom. The van der Waals surface area contributed by atoms with Gasteiger partial charge in [-0.25, -0.2) is 0 Å². The van der Waals surface area contributed by atoms with Gasteiger partial charge in [-0.15, -0.1) is 0 Å². The molecule has 2 atom stereocenters. The molecule has 0 spiro atoms. The fourth-order valence-corrected chi connectivity index (χ4v) is 5.04. The van der Waals surface area contributed by atoms with Gasteiger partial charge in [-0.1, -0.05) is 13.8 Å². The van der Waals surface area contributed by atoms with Crippen LogP contribution in [-0.4, -0.2) is 30.1 Å². The molecule has 0 amide bonds. The summed E-state index contributed by atoms with van der Waals surface area (Å²) in [6.07, 6.45) is 2.13. The first-order chi connectivity index (χ1) is 7.25. The molecule has 2 fully saturated rings. The van der Waals surface area contributed by atoms with Crippen molar-refractivity contribution in [2.45, 2.75) is 33.1 Å². The van der Waals surface area contributed by atoms with Gasteiger partial charge >= 0.3 is 10.1 Å². The largest absolute Gasteiger partial charge is 2.00 e. The van der Waals surface area contributed by atoms with Crippen molar-refractivity contribution in [2.75, 3.05) is 5.75 Å². The van der Waals surface area contributed by atoms with Crippen molar-refractivity contribution in [3.05, 3.63) is 0 Å². The van der Waals surface area contributed by atoms with Gasteiger partial charge in [-0.3, -0.25) is 4.79 Å². The van der Waals surface area contributed by atoms with E-state index in [0.717, 1.165) is 6.42 Å². The van der Waals surface area contributed by atoms with Gasteiger partial charge < -0.3 is 2.85 Å². The summed E-state index contributed by atoms with van der Waals surface area (Å²) in [5.41, 5.74) is -0.965. The van der Waals surface area contributed by atoms with Crippen molar-refractivity contribution in [3.8, 4) is 0 Å². The fourth-order valence-electron chi connectivity index (χ4n) is 3.43. The summed E-state index contributed by atoms with van der Waals surface area (Å²) in [6.45, 7) is 4.00. The third kappa shape index (κ3) is 2.03. The molecule has 4 nitrogen and oxygen atoms in total. The average Bonchev–Trinajstić information content (AvgIpc) is 2.51. The molecule has 2 aliphatic carbocycles.